The fourth-order valence-electron chi connectivity index (χ4n) is 2.57. The van der Waals surface area contributed by atoms with Crippen LogP contribution in [0.5, 0.6) is 0 Å². The smallest absolute Gasteiger partial charge is 0.347 e. The number of hydrogen-bond acceptors (Lipinski definition) is 4. The molecule has 21 heavy (non-hydrogen) atoms. The van der Waals surface area contributed by atoms with Crippen molar-refractivity contribution in [3.8, 4) is 0 Å². The zero-order valence-corrected chi connectivity index (χ0v) is 12.9. The summed E-state index contributed by atoms with van der Waals surface area (Å²) < 4.78 is 27.1. The van der Waals surface area contributed by atoms with Gasteiger partial charge in [-0.2, -0.15) is 0 Å². The van der Waals surface area contributed by atoms with E-state index in [9.17, 15) is 18.3 Å². The highest BCUT2D eigenvalue weighted by atomic mass is 32.2. The number of carboxylic acids is 1. The fraction of sp³-hybridized carbons (Fsp3) is 0.214. The second-order valence-electron chi connectivity index (χ2n) is 4.84. The lowest BCUT2D eigenvalue weighted by atomic mass is 10.2. The van der Waals surface area contributed by atoms with Crippen molar-refractivity contribution >= 4 is 33.0 Å². The largest absolute Gasteiger partial charge is 0.477 e. The first-order valence-corrected chi connectivity index (χ1v) is 8.67. The van der Waals surface area contributed by atoms with Crippen LogP contribution in [0.1, 0.15) is 20.8 Å². The fourth-order valence-corrected chi connectivity index (χ4v) is 5.66. The van der Waals surface area contributed by atoms with Crippen LogP contribution in [0.25, 0.3) is 0 Å². The molecule has 0 saturated heterocycles. The number of para-hydroxylation sites is 1. The van der Waals surface area contributed by atoms with E-state index in [1.165, 1.54) is 4.31 Å². The average molecular weight is 323 g/mol. The van der Waals surface area contributed by atoms with Gasteiger partial charge in [-0.1, -0.05) is 18.2 Å². The van der Waals surface area contributed by atoms with E-state index >= 15 is 0 Å². The maximum atomic E-state index is 12.9. The number of carboxylic acid groups (broad SMARTS) is 1. The van der Waals surface area contributed by atoms with Gasteiger partial charge in [0.1, 0.15) is 9.77 Å². The summed E-state index contributed by atoms with van der Waals surface area (Å²) in [4.78, 5) is 11.1. The Balaban J connectivity index is 2.16. The van der Waals surface area contributed by atoms with Crippen LogP contribution in [-0.2, 0) is 16.4 Å². The van der Waals surface area contributed by atoms with E-state index in [4.69, 9.17) is 0 Å². The van der Waals surface area contributed by atoms with Gasteiger partial charge in [-0.15, -0.1) is 11.3 Å². The van der Waals surface area contributed by atoms with E-state index in [2.05, 4.69) is 0 Å². The summed E-state index contributed by atoms with van der Waals surface area (Å²) >= 11 is 0.946. The van der Waals surface area contributed by atoms with E-state index in [0.717, 1.165) is 16.9 Å². The number of rotatable bonds is 3. The van der Waals surface area contributed by atoms with Crippen LogP contribution in [0, 0.1) is 6.92 Å². The van der Waals surface area contributed by atoms with Crippen molar-refractivity contribution in [1.82, 2.24) is 0 Å². The zero-order chi connectivity index (χ0) is 15.2. The normalized spacial score (nSPS) is 14.2. The third-order valence-electron chi connectivity index (χ3n) is 3.50. The molecule has 1 aliphatic heterocycles. The van der Waals surface area contributed by atoms with E-state index < -0.39 is 16.0 Å². The van der Waals surface area contributed by atoms with Crippen LogP contribution >= 0.6 is 11.3 Å². The lowest BCUT2D eigenvalue weighted by molar-refractivity contribution is 0.0698. The Morgan fingerprint density at radius 1 is 1.33 bits per heavy atom. The highest BCUT2D eigenvalue weighted by Crippen LogP contribution is 2.36. The molecule has 0 unspecified atom stereocenters. The van der Waals surface area contributed by atoms with Crippen LogP contribution in [0.4, 0.5) is 5.69 Å². The molecule has 0 radical (unpaired) electrons. The van der Waals surface area contributed by atoms with Crippen molar-refractivity contribution in [2.45, 2.75) is 18.2 Å². The van der Waals surface area contributed by atoms with Crippen molar-refractivity contribution in [3.63, 3.8) is 0 Å². The number of aromatic carboxylic acids is 1. The Morgan fingerprint density at radius 3 is 2.76 bits per heavy atom. The molecule has 5 nitrogen and oxygen atoms in total. The number of fused-ring (bicyclic) bond motifs is 1. The number of hydrogen-bond donors (Lipinski definition) is 1. The van der Waals surface area contributed by atoms with E-state index in [1.807, 2.05) is 12.1 Å². The Morgan fingerprint density at radius 2 is 2.05 bits per heavy atom. The molecule has 1 aliphatic rings. The van der Waals surface area contributed by atoms with Crippen LogP contribution in [0.3, 0.4) is 0 Å². The Hall–Kier alpha value is -1.86. The van der Waals surface area contributed by atoms with Gasteiger partial charge in [0, 0.05) is 6.54 Å². The minimum absolute atomic E-state index is 0.0864. The first kappa shape index (κ1) is 14.1. The van der Waals surface area contributed by atoms with Gasteiger partial charge in [0.15, 0.2) is 0 Å². The lowest BCUT2D eigenvalue weighted by Gasteiger charge is -2.20. The number of carbonyl (C=O) groups is 1. The standard InChI is InChI=1S/C14H13NO4S2/c1-9-8-20-12(14(16)17)13(9)21(18,19)15-7-6-10-4-2-3-5-11(10)15/h2-5,8H,6-7H2,1H3,(H,16,17). The average Bonchev–Trinajstić information content (AvgIpc) is 3.02. The maximum absolute atomic E-state index is 12.9. The van der Waals surface area contributed by atoms with Crippen molar-refractivity contribution < 1.29 is 18.3 Å². The summed E-state index contributed by atoms with van der Waals surface area (Å²) in [5.74, 6) is -1.21. The molecule has 0 spiro atoms. The highest BCUT2D eigenvalue weighted by molar-refractivity contribution is 7.93. The molecule has 1 aromatic heterocycles. The van der Waals surface area contributed by atoms with Crippen LogP contribution in [0.2, 0.25) is 0 Å². The molecule has 3 rings (SSSR count). The summed E-state index contributed by atoms with van der Waals surface area (Å²) in [5.41, 5.74) is 2.08. The number of nitrogens with zero attached hydrogens (tertiary/aromatic N) is 1. The Labute approximate surface area is 126 Å². The van der Waals surface area contributed by atoms with Gasteiger partial charge in [0.2, 0.25) is 0 Å². The van der Waals surface area contributed by atoms with Gasteiger partial charge < -0.3 is 5.11 Å². The third-order valence-corrected chi connectivity index (χ3v) is 6.72. The quantitative estimate of drug-likeness (QED) is 0.942. The third kappa shape index (κ3) is 2.13. The summed E-state index contributed by atoms with van der Waals surface area (Å²) in [6, 6.07) is 7.30. The summed E-state index contributed by atoms with van der Waals surface area (Å²) in [7, 11) is -3.85. The first-order valence-electron chi connectivity index (χ1n) is 6.35. The lowest BCUT2D eigenvalue weighted by Crippen LogP contribution is -2.30. The second kappa shape index (κ2) is 4.85. The van der Waals surface area contributed by atoms with E-state index in [1.54, 1.807) is 24.4 Å². The molecular weight excluding hydrogens is 310 g/mol. The van der Waals surface area contributed by atoms with Gasteiger partial charge in [0.25, 0.3) is 10.0 Å². The molecule has 0 saturated carbocycles. The summed E-state index contributed by atoms with van der Waals surface area (Å²) in [6.07, 6.45) is 0.640. The van der Waals surface area contributed by atoms with Gasteiger partial charge in [-0.3, -0.25) is 4.31 Å². The molecule has 7 heteroatoms. The molecule has 2 heterocycles. The summed E-state index contributed by atoms with van der Waals surface area (Å²) in [5, 5.41) is 10.8. The number of thiophene rings is 1. The topological polar surface area (TPSA) is 74.7 Å². The predicted octanol–water partition coefficient (Wildman–Crippen LogP) is 2.51. The molecule has 2 aromatic rings. The summed E-state index contributed by atoms with van der Waals surface area (Å²) in [6.45, 7) is 1.97. The van der Waals surface area contributed by atoms with E-state index in [0.29, 0.717) is 24.2 Å². The van der Waals surface area contributed by atoms with Gasteiger partial charge in [-0.25, -0.2) is 13.2 Å². The van der Waals surface area contributed by atoms with Gasteiger partial charge in [0.05, 0.1) is 5.69 Å². The molecule has 1 aromatic carbocycles. The SMILES string of the molecule is Cc1csc(C(=O)O)c1S(=O)(=O)N1CCc2ccccc21. The zero-order valence-electron chi connectivity index (χ0n) is 11.2. The maximum Gasteiger partial charge on any atom is 0.347 e. The highest BCUT2D eigenvalue weighted by Gasteiger charge is 2.35. The first-order chi connectivity index (χ1) is 9.93. The molecule has 1 N–H and O–H groups in total. The number of anilines is 1. The molecule has 0 atom stereocenters. The van der Waals surface area contributed by atoms with Crippen molar-refractivity contribution in [1.29, 1.82) is 0 Å². The number of aryl methyl sites for hydroxylation is 1. The molecular formula is C14H13NO4S2. The Kier molecular flexibility index (Phi) is 3.26. The van der Waals surface area contributed by atoms with Gasteiger partial charge >= 0.3 is 5.97 Å². The van der Waals surface area contributed by atoms with Crippen molar-refractivity contribution in [2.75, 3.05) is 10.8 Å². The Bertz CT molecular complexity index is 823. The van der Waals surface area contributed by atoms with Crippen LogP contribution < -0.4 is 4.31 Å². The molecule has 0 amide bonds. The monoisotopic (exact) mass is 323 g/mol. The van der Waals surface area contributed by atoms with Crippen LogP contribution in [0.15, 0.2) is 34.5 Å². The van der Waals surface area contributed by atoms with Crippen molar-refractivity contribution in [2.24, 2.45) is 0 Å². The minimum atomic E-state index is -3.85. The van der Waals surface area contributed by atoms with Gasteiger partial charge in [-0.05, 0) is 35.9 Å². The van der Waals surface area contributed by atoms with Crippen molar-refractivity contribution in [3.05, 3.63) is 45.6 Å². The van der Waals surface area contributed by atoms with Crippen LogP contribution in [-0.4, -0.2) is 26.0 Å². The minimum Gasteiger partial charge on any atom is -0.477 e. The molecule has 0 bridgehead atoms. The second-order valence-corrected chi connectivity index (χ2v) is 7.52. The number of sulfonamides is 1. The van der Waals surface area contributed by atoms with E-state index in [-0.39, 0.29) is 9.77 Å². The molecule has 0 fully saturated rings. The predicted molar refractivity (Wildman–Crippen MR) is 80.7 cm³/mol. The molecule has 0 aliphatic carbocycles. The number of benzene rings is 1. The molecule has 110 valence electrons.